The number of ketones is 1. The van der Waals surface area contributed by atoms with Crippen molar-refractivity contribution in [3.63, 3.8) is 0 Å². The average Bonchev–Trinajstić information content (AvgIpc) is 2.99. The Morgan fingerprint density at radius 2 is 1.71 bits per heavy atom. The molecule has 3 aliphatic carbocycles. The smallest absolute Gasteiger partial charge is 0.366 e. The van der Waals surface area contributed by atoms with Crippen molar-refractivity contribution in [3.8, 4) is 0 Å². The number of nitrogens with one attached hydrogen (secondary N) is 1. The molecule has 3 saturated carbocycles. The Balaban J connectivity index is 1.51. The molecule has 0 amide bonds. The van der Waals surface area contributed by atoms with Crippen LogP contribution in [0.4, 0.5) is 13.2 Å². The topological polar surface area (TPSA) is 78.8 Å². The maximum Gasteiger partial charge on any atom is 0.389 e. The van der Waals surface area contributed by atoms with Gasteiger partial charge in [-0.05, 0) is 62.6 Å². The molecule has 1 heterocycles. The highest BCUT2D eigenvalue weighted by atomic mass is 35.5. The van der Waals surface area contributed by atoms with Gasteiger partial charge in [0.2, 0.25) is 10.0 Å². The van der Waals surface area contributed by atoms with Crippen LogP contribution in [-0.2, 0) is 21.4 Å². The van der Waals surface area contributed by atoms with Gasteiger partial charge in [-0.3, -0.25) is 9.79 Å². The molecule has 11 heteroatoms. The van der Waals surface area contributed by atoms with Gasteiger partial charge in [0.25, 0.3) is 0 Å². The van der Waals surface area contributed by atoms with Gasteiger partial charge in [-0.1, -0.05) is 44.5 Å². The van der Waals surface area contributed by atoms with Gasteiger partial charge in [-0.2, -0.15) is 17.5 Å². The second-order valence-corrected chi connectivity index (χ2v) is 15.5. The summed E-state index contributed by atoms with van der Waals surface area (Å²) in [5, 5.41) is 3.94. The van der Waals surface area contributed by atoms with E-state index in [1.165, 1.54) is 0 Å². The predicted octanol–water partition coefficient (Wildman–Crippen LogP) is 5.89. The van der Waals surface area contributed by atoms with Gasteiger partial charge in [0.15, 0.2) is 5.78 Å². The number of carbonyl (C=O) groups is 1. The van der Waals surface area contributed by atoms with E-state index in [1.54, 1.807) is 16.4 Å². The first-order valence-corrected chi connectivity index (χ1v) is 15.0. The van der Waals surface area contributed by atoms with Crippen LogP contribution >= 0.6 is 11.6 Å². The summed E-state index contributed by atoms with van der Waals surface area (Å²) in [6, 6.07) is 6.41. The van der Waals surface area contributed by atoms with E-state index in [1.807, 2.05) is 46.8 Å². The van der Waals surface area contributed by atoms with E-state index in [0.717, 1.165) is 5.56 Å². The molecule has 2 bridgehead atoms. The van der Waals surface area contributed by atoms with Crippen molar-refractivity contribution in [1.29, 1.82) is 0 Å². The van der Waals surface area contributed by atoms with E-state index < -0.39 is 45.2 Å². The zero-order valence-corrected chi connectivity index (χ0v) is 24.2. The van der Waals surface area contributed by atoms with E-state index in [2.05, 4.69) is 10.3 Å². The molecule has 6 nitrogen and oxygen atoms in total. The first-order chi connectivity index (χ1) is 17.3. The monoisotopic (exact) mass is 575 g/mol. The molecule has 1 N–H and O–H groups in total. The fourth-order valence-corrected chi connectivity index (χ4v) is 8.74. The van der Waals surface area contributed by atoms with Crippen LogP contribution in [0, 0.1) is 10.8 Å². The second kappa shape index (κ2) is 9.47. The summed E-state index contributed by atoms with van der Waals surface area (Å²) >= 11 is 6.03. The molecule has 5 rings (SSSR count). The van der Waals surface area contributed by atoms with Crippen molar-refractivity contribution in [2.24, 2.45) is 15.8 Å². The summed E-state index contributed by atoms with van der Waals surface area (Å²) in [6.45, 7) is 9.62. The molecule has 212 valence electrons. The number of alkyl halides is 3. The Morgan fingerprint density at radius 1 is 1.13 bits per heavy atom. The van der Waals surface area contributed by atoms with Crippen LogP contribution in [0.3, 0.4) is 0 Å². The number of sulfonamides is 1. The Bertz CT molecular complexity index is 1200. The number of hydrogen-bond donors (Lipinski definition) is 1. The van der Waals surface area contributed by atoms with Crippen LogP contribution in [0.15, 0.2) is 29.3 Å². The van der Waals surface area contributed by atoms with Crippen molar-refractivity contribution in [3.05, 3.63) is 34.9 Å². The molecule has 1 atom stereocenters. The summed E-state index contributed by atoms with van der Waals surface area (Å²) in [7, 11) is -3.59. The van der Waals surface area contributed by atoms with E-state index in [-0.39, 0.29) is 36.3 Å². The lowest BCUT2D eigenvalue weighted by Gasteiger charge is -2.73. The number of carbonyl (C=O) groups excluding carboxylic acids is 1. The van der Waals surface area contributed by atoms with E-state index in [0.29, 0.717) is 30.1 Å². The Morgan fingerprint density at radius 3 is 2.24 bits per heavy atom. The Labute approximate surface area is 228 Å². The normalized spacial score (nSPS) is 28.4. The van der Waals surface area contributed by atoms with E-state index in [4.69, 9.17) is 11.6 Å². The molecule has 3 fully saturated rings. The number of aliphatic imine (C=N–C) groups is 1. The molecule has 0 spiro atoms. The third-order valence-electron chi connectivity index (χ3n) is 7.80. The predicted molar refractivity (Wildman–Crippen MR) is 143 cm³/mol. The molecular weight excluding hydrogens is 539 g/mol. The molecule has 1 aromatic rings. The molecular formula is C27H37ClF3N3O3S. The Kier molecular flexibility index (Phi) is 7.31. The van der Waals surface area contributed by atoms with Crippen LogP contribution in [0.2, 0.25) is 5.02 Å². The molecule has 0 radical (unpaired) electrons. The van der Waals surface area contributed by atoms with Crippen LogP contribution in [0.1, 0.15) is 78.7 Å². The summed E-state index contributed by atoms with van der Waals surface area (Å²) in [5.41, 5.74) is -1.14. The van der Waals surface area contributed by atoms with Gasteiger partial charge in [-0.15, -0.1) is 0 Å². The SMILES string of the molecule is CC(C)(C)CS(=O)(=O)N(Cc1ccc(Cl)cc1)C12CC(C3=N[C@@H](C(=O)CCCC(F)(F)F)C(C)(C)N3)(C1)C2. The molecule has 0 saturated heterocycles. The Hall–Kier alpha value is -1.65. The minimum atomic E-state index is -4.29. The number of Topliss-reactive ketones (excluding diaryl/α,β-unsaturated/α-hetero) is 1. The maximum atomic E-state index is 13.7. The van der Waals surface area contributed by atoms with Gasteiger partial charge in [0.05, 0.1) is 11.3 Å². The fraction of sp³-hybridized carbons (Fsp3) is 0.704. The quantitative estimate of drug-likeness (QED) is 0.377. The third-order valence-corrected chi connectivity index (χ3v) is 10.5. The third kappa shape index (κ3) is 5.92. The molecule has 38 heavy (non-hydrogen) atoms. The number of benzene rings is 1. The lowest BCUT2D eigenvalue weighted by Crippen LogP contribution is -2.79. The fourth-order valence-electron chi connectivity index (χ4n) is 6.23. The lowest BCUT2D eigenvalue weighted by molar-refractivity contribution is -0.151. The molecule has 0 unspecified atom stereocenters. The first-order valence-electron chi connectivity index (χ1n) is 13.0. The number of rotatable bonds is 10. The summed E-state index contributed by atoms with van der Waals surface area (Å²) in [5.74, 6) is 0.390. The van der Waals surface area contributed by atoms with E-state index >= 15 is 0 Å². The van der Waals surface area contributed by atoms with Crippen molar-refractivity contribution in [2.45, 2.75) is 103 Å². The number of hydrogen-bond acceptors (Lipinski definition) is 5. The molecule has 4 aliphatic rings. The maximum absolute atomic E-state index is 13.7. The summed E-state index contributed by atoms with van der Waals surface area (Å²) in [4.78, 5) is 17.5. The zero-order chi connectivity index (χ0) is 28.4. The average molecular weight is 576 g/mol. The van der Waals surface area contributed by atoms with Gasteiger partial charge in [-0.25, -0.2) is 8.42 Å². The minimum absolute atomic E-state index is 0.0169. The van der Waals surface area contributed by atoms with Crippen LogP contribution in [0.5, 0.6) is 0 Å². The van der Waals surface area contributed by atoms with Crippen molar-refractivity contribution >= 4 is 33.2 Å². The number of nitrogens with zero attached hydrogens (tertiary/aromatic N) is 2. The highest BCUT2D eigenvalue weighted by Gasteiger charge is 2.75. The second-order valence-electron chi connectivity index (χ2n) is 13.1. The molecule has 1 aromatic carbocycles. The van der Waals surface area contributed by atoms with Crippen molar-refractivity contribution in [1.82, 2.24) is 9.62 Å². The van der Waals surface area contributed by atoms with Crippen molar-refractivity contribution in [2.75, 3.05) is 5.75 Å². The zero-order valence-electron chi connectivity index (χ0n) is 22.6. The first kappa shape index (κ1) is 29.3. The lowest BCUT2D eigenvalue weighted by atomic mass is 9.38. The standard InChI is InChI=1S/C27H37ClF3N3O3S/c1-23(2,3)17-38(36,37)34(13-18-8-10-19(28)11-9-18)26-14-25(15-26,16-26)22-32-21(24(4,5)33-22)20(35)7-6-12-27(29,30)31/h8-11,21H,6-7,12-17H2,1-5H3,(H,32,33)/t21-,25?,26?/m0/s1. The summed E-state index contributed by atoms with van der Waals surface area (Å²) in [6.07, 6.45) is -3.93. The van der Waals surface area contributed by atoms with Crippen molar-refractivity contribution < 1.29 is 26.4 Å². The van der Waals surface area contributed by atoms with Crippen LogP contribution in [0.25, 0.3) is 0 Å². The molecule has 0 aromatic heterocycles. The number of halogens is 4. The highest BCUT2D eigenvalue weighted by molar-refractivity contribution is 7.89. The van der Waals surface area contributed by atoms with E-state index in [9.17, 15) is 26.4 Å². The van der Waals surface area contributed by atoms with Crippen LogP contribution < -0.4 is 5.32 Å². The molecule has 1 aliphatic heterocycles. The van der Waals surface area contributed by atoms with Gasteiger partial charge in [0.1, 0.15) is 11.9 Å². The summed E-state index contributed by atoms with van der Waals surface area (Å²) < 4.78 is 66.6. The minimum Gasteiger partial charge on any atom is -0.366 e. The number of amidine groups is 1. The largest absolute Gasteiger partial charge is 0.389 e. The van der Waals surface area contributed by atoms with Crippen LogP contribution in [-0.4, -0.2) is 53.4 Å². The van der Waals surface area contributed by atoms with Gasteiger partial charge in [0, 0.05) is 35.4 Å². The van der Waals surface area contributed by atoms with Gasteiger partial charge >= 0.3 is 6.18 Å². The van der Waals surface area contributed by atoms with Gasteiger partial charge < -0.3 is 5.32 Å². The highest BCUT2D eigenvalue weighted by Crippen LogP contribution is 2.71.